The smallest absolute Gasteiger partial charge is 0.181 e. The number of H-pyrrole nitrogens is 1. The molecule has 220 valence electrons. The topological polar surface area (TPSA) is 149 Å². The third kappa shape index (κ3) is 7.47. The Morgan fingerprint density at radius 1 is 1.14 bits per heavy atom. The second-order valence-electron chi connectivity index (χ2n) is 10.9. The summed E-state index contributed by atoms with van der Waals surface area (Å²) < 4.78 is 11.5. The summed E-state index contributed by atoms with van der Waals surface area (Å²) in [5.41, 5.74) is 5.05. The summed E-state index contributed by atoms with van der Waals surface area (Å²) in [6.07, 6.45) is 1.66. The molecule has 1 fully saturated rings. The number of aliphatic hydroxyl groups is 1. The van der Waals surface area contributed by atoms with Crippen molar-refractivity contribution in [1.82, 2.24) is 25.3 Å². The summed E-state index contributed by atoms with van der Waals surface area (Å²) >= 11 is 0. The quantitative estimate of drug-likeness (QED) is 0.271. The monoisotopic (exact) mass is 571 g/mol. The van der Waals surface area contributed by atoms with Crippen LogP contribution in [-0.2, 0) is 9.53 Å². The van der Waals surface area contributed by atoms with Crippen LogP contribution in [0.2, 0.25) is 0 Å². The Kier molecular flexibility index (Phi) is 10.2. The molecule has 0 unspecified atom stereocenters. The van der Waals surface area contributed by atoms with E-state index in [1.165, 1.54) is 6.33 Å². The van der Waals surface area contributed by atoms with Gasteiger partial charge in [0.2, 0.25) is 0 Å². The number of fused-ring (bicyclic) bond motifs is 1. The first-order chi connectivity index (χ1) is 20.3. The molecule has 0 amide bonds. The first-order valence-electron chi connectivity index (χ1n) is 13.8. The number of ether oxygens (including phenoxy) is 2. The number of benzene rings is 2. The Hall–Kier alpha value is -4.37. The summed E-state index contributed by atoms with van der Waals surface area (Å²) in [5.74, 6) is 1.12. The van der Waals surface area contributed by atoms with Gasteiger partial charge < -0.3 is 34.6 Å². The number of nitriles is 1. The number of morpholine rings is 1. The van der Waals surface area contributed by atoms with Crippen molar-refractivity contribution in [2.24, 2.45) is 0 Å². The van der Waals surface area contributed by atoms with Gasteiger partial charge in [0.1, 0.15) is 42.4 Å². The maximum Gasteiger partial charge on any atom is 0.181 e. The van der Waals surface area contributed by atoms with Crippen LogP contribution in [0.1, 0.15) is 32.8 Å². The second kappa shape index (κ2) is 14.0. The number of hydrogen-bond acceptors (Lipinski definition) is 10. The highest BCUT2D eigenvalue weighted by Gasteiger charge is 2.18. The molecular weight excluding hydrogens is 534 g/mol. The lowest BCUT2D eigenvalue weighted by Gasteiger charge is -2.28. The van der Waals surface area contributed by atoms with Gasteiger partial charge in [-0.25, -0.2) is 15.0 Å². The van der Waals surface area contributed by atoms with E-state index in [0.29, 0.717) is 47.0 Å². The van der Waals surface area contributed by atoms with Crippen LogP contribution >= 0.6 is 0 Å². The van der Waals surface area contributed by atoms with Gasteiger partial charge in [-0.3, -0.25) is 0 Å². The molecule has 1 saturated heterocycles. The normalized spacial score (nSPS) is 14.1. The molecule has 5 rings (SSSR count). The van der Waals surface area contributed by atoms with Crippen LogP contribution < -0.4 is 15.0 Å². The number of carbonyl (C=O) groups is 1. The SMILES string of the molecule is C=O.CC(C)(C)NCC[C@H](CO)Oc1ccc(-c2ncnc3nc(-c4ccc(N5CCOCC5)cc4)[nH]c23)cc1C#N. The number of aromatic amines is 1. The minimum atomic E-state index is -0.427. The number of aromatic nitrogens is 4. The maximum atomic E-state index is 9.87. The summed E-state index contributed by atoms with van der Waals surface area (Å²) in [6, 6.07) is 15.9. The summed E-state index contributed by atoms with van der Waals surface area (Å²) in [6.45, 7) is 12.0. The molecule has 2 aromatic heterocycles. The molecule has 1 aliphatic rings. The molecule has 0 radical (unpaired) electrons. The van der Waals surface area contributed by atoms with E-state index in [1.807, 2.05) is 25.0 Å². The highest BCUT2D eigenvalue weighted by atomic mass is 16.5. The van der Waals surface area contributed by atoms with Crippen molar-refractivity contribution in [2.45, 2.75) is 38.8 Å². The highest BCUT2D eigenvalue weighted by Crippen LogP contribution is 2.31. The molecule has 3 N–H and O–H groups in total. The zero-order chi connectivity index (χ0) is 30.1. The molecule has 0 bridgehead atoms. The minimum Gasteiger partial charge on any atom is -0.487 e. The van der Waals surface area contributed by atoms with Crippen LogP contribution in [0.3, 0.4) is 0 Å². The molecule has 42 heavy (non-hydrogen) atoms. The molecule has 0 aliphatic carbocycles. The average Bonchev–Trinajstić information content (AvgIpc) is 3.46. The first kappa shape index (κ1) is 30.6. The lowest BCUT2D eigenvalue weighted by Crippen LogP contribution is -2.38. The van der Waals surface area contributed by atoms with Gasteiger partial charge in [0, 0.05) is 35.4 Å². The number of rotatable bonds is 9. The average molecular weight is 572 g/mol. The van der Waals surface area contributed by atoms with Crippen molar-refractivity contribution in [3.05, 3.63) is 54.4 Å². The third-order valence-corrected chi connectivity index (χ3v) is 6.80. The molecule has 11 nitrogen and oxygen atoms in total. The molecule has 3 heterocycles. The number of hydrogen-bond donors (Lipinski definition) is 3. The van der Waals surface area contributed by atoms with Gasteiger partial charge in [0.25, 0.3) is 0 Å². The molecule has 1 aliphatic heterocycles. The van der Waals surface area contributed by atoms with Crippen molar-refractivity contribution >= 4 is 23.6 Å². The van der Waals surface area contributed by atoms with Crippen LogP contribution in [0.25, 0.3) is 33.8 Å². The number of aliphatic hydroxyl groups excluding tert-OH is 1. The van der Waals surface area contributed by atoms with E-state index in [4.69, 9.17) is 19.3 Å². The predicted molar refractivity (Wildman–Crippen MR) is 161 cm³/mol. The second-order valence-corrected chi connectivity index (χ2v) is 10.9. The number of carbonyl (C=O) groups excluding carboxylic acids is 1. The van der Waals surface area contributed by atoms with E-state index in [-0.39, 0.29) is 12.1 Å². The Bertz CT molecular complexity index is 1500. The van der Waals surface area contributed by atoms with Crippen molar-refractivity contribution in [3.8, 4) is 34.5 Å². The van der Waals surface area contributed by atoms with Crippen molar-refractivity contribution < 1.29 is 19.4 Å². The number of anilines is 1. The van der Waals surface area contributed by atoms with Crippen LogP contribution in [0, 0.1) is 11.3 Å². The molecule has 1 atom stereocenters. The minimum absolute atomic E-state index is 0.0265. The number of nitrogens with zero attached hydrogens (tertiary/aromatic N) is 5. The lowest BCUT2D eigenvalue weighted by atomic mass is 10.1. The van der Waals surface area contributed by atoms with Gasteiger partial charge in [-0.15, -0.1) is 0 Å². The van der Waals surface area contributed by atoms with Crippen molar-refractivity contribution in [1.29, 1.82) is 5.26 Å². The van der Waals surface area contributed by atoms with E-state index < -0.39 is 6.10 Å². The highest BCUT2D eigenvalue weighted by molar-refractivity contribution is 5.89. The lowest BCUT2D eigenvalue weighted by molar-refractivity contribution is -0.0980. The van der Waals surface area contributed by atoms with Gasteiger partial charge in [0.15, 0.2) is 5.65 Å². The zero-order valence-electron chi connectivity index (χ0n) is 24.3. The summed E-state index contributed by atoms with van der Waals surface area (Å²) in [4.78, 5) is 27.3. The largest absolute Gasteiger partial charge is 0.487 e. The van der Waals surface area contributed by atoms with E-state index in [0.717, 1.165) is 43.1 Å². The van der Waals surface area contributed by atoms with Crippen LogP contribution in [0.4, 0.5) is 5.69 Å². The number of imidazole rings is 1. The van der Waals surface area contributed by atoms with Crippen LogP contribution in [0.15, 0.2) is 48.8 Å². The standard InChI is InChI=1S/C30H35N7O3.CH2O/c1-30(2,3)34-11-10-24(18-38)40-25-9-6-21(16-22(25)17-31)26-27-29(33-19-32-26)36-28(35-27)20-4-7-23(8-5-20)37-12-14-39-15-13-37;1-2/h4-9,16,19,24,34,38H,10-15,18H2,1-3H3,(H,32,33,35,36);1H2/t24-;/m1./s1. The Balaban J connectivity index is 0.00000198. The Morgan fingerprint density at radius 2 is 1.86 bits per heavy atom. The third-order valence-electron chi connectivity index (χ3n) is 6.80. The van der Waals surface area contributed by atoms with Gasteiger partial charge in [-0.05, 0) is 76.2 Å². The molecular formula is C31H37N7O4. The Morgan fingerprint density at radius 3 is 2.52 bits per heavy atom. The van der Waals surface area contributed by atoms with Crippen LogP contribution in [-0.4, -0.2) is 82.9 Å². The molecule has 4 aromatic rings. The van der Waals surface area contributed by atoms with Crippen LogP contribution in [0.5, 0.6) is 5.75 Å². The summed E-state index contributed by atoms with van der Waals surface area (Å²) in [5, 5.41) is 23.1. The molecule has 11 heteroatoms. The molecule has 0 spiro atoms. The maximum absolute atomic E-state index is 9.87. The van der Waals surface area contributed by atoms with Gasteiger partial charge in [-0.2, -0.15) is 5.26 Å². The Labute approximate surface area is 245 Å². The number of nitrogens with one attached hydrogen (secondary N) is 2. The fourth-order valence-electron chi connectivity index (χ4n) is 4.68. The predicted octanol–water partition coefficient (Wildman–Crippen LogP) is 3.73. The van der Waals surface area contributed by atoms with Gasteiger partial charge >= 0.3 is 0 Å². The molecule has 0 saturated carbocycles. The van der Waals surface area contributed by atoms with Crippen molar-refractivity contribution in [3.63, 3.8) is 0 Å². The van der Waals surface area contributed by atoms with E-state index >= 15 is 0 Å². The first-order valence-corrected chi connectivity index (χ1v) is 13.8. The van der Waals surface area contributed by atoms with E-state index in [2.05, 4.69) is 64.1 Å². The molecule has 2 aromatic carbocycles. The van der Waals surface area contributed by atoms with E-state index in [1.54, 1.807) is 12.1 Å². The fraction of sp³-hybridized carbons (Fsp3) is 0.387. The van der Waals surface area contributed by atoms with E-state index in [9.17, 15) is 10.4 Å². The van der Waals surface area contributed by atoms with Crippen molar-refractivity contribution in [2.75, 3.05) is 44.4 Å². The fourth-order valence-corrected chi connectivity index (χ4v) is 4.68. The summed E-state index contributed by atoms with van der Waals surface area (Å²) in [7, 11) is 0. The van der Waals surface area contributed by atoms with Gasteiger partial charge in [-0.1, -0.05) is 0 Å². The van der Waals surface area contributed by atoms with Gasteiger partial charge in [0.05, 0.1) is 31.1 Å². The zero-order valence-corrected chi connectivity index (χ0v) is 24.3.